The highest BCUT2D eigenvalue weighted by Gasteiger charge is 2.30. The van der Waals surface area contributed by atoms with Gasteiger partial charge in [0.15, 0.2) is 0 Å². The number of nitrogens with two attached hydrogens (primary N) is 1. The minimum absolute atomic E-state index is 0.323. The minimum atomic E-state index is -4.10. The fourth-order valence-corrected chi connectivity index (χ4v) is 4.61. The maximum absolute atomic E-state index is 12.4. The van der Waals surface area contributed by atoms with Gasteiger partial charge in [0.05, 0.1) is 0 Å². The predicted molar refractivity (Wildman–Crippen MR) is 77.1 cm³/mol. The van der Waals surface area contributed by atoms with E-state index in [0.717, 1.165) is 0 Å². The van der Waals surface area contributed by atoms with E-state index in [9.17, 15) is 16.8 Å². The van der Waals surface area contributed by atoms with E-state index in [1.807, 2.05) is 13.8 Å². The fraction of sp³-hybridized carbons (Fsp3) is 0.500. The van der Waals surface area contributed by atoms with Gasteiger partial charge in [-0.15, -0.1) is 0 Å². The molecule has 20 heavy (non-hydrogen) atoms. The van der Waals surface area contributed by atoms with Gasteiger partial charge in [-0.1, -0.05) is 26.0 Å². The number of rotatable bonds is 6. The molecule has 0 fully saturated rings. The summed E-state index contributed by atoms with van der Waals surface area (Å²) in [7, 11) is -8.07. The number of hydrogen-bond donors (Lipinski definition) is 2. The lowest BCUT2D eigenvalue weighted by molar-refractivity contribution is 0.388. The van der Waals surface area contributed by atoms with Crippen LogP contribution in [-0.2, 0) is 20.0 Å². The Balaban J connectivity index is 3.38. The van der Waals surface area contributed by atoms with Crippen molar-refractivity contribution in [3.8, 4) is 0 Å². The molecule has 0 spiro atoms. The Morgan fingerprint density at radius 2 is 1.50 bits per heavy atom. The summed E-state index contributed by atoms with van der Waals surface area (Å²) in [5.41, 5.74) is -0.635. The van der Waals surface area contributed by atoms with Crippen molar-refractivity contribution in [3.05, 3.63) is 24.3 Å². The Morgan fingerprint density at radius 3 is 1.90 bits per heavy atom. The highest BCUT2D eigenvalue weighted by Crippen LogP contribution is 2.23. The third-order valence-electron chi connectivity index (χ3n) is 3.39. The van der Waals surface area contributed by atoms with Gasteiger partial charge in [0.1, 0.15) is 9.79 Å². The third-order valence-corrected chi connectivity index (χ3v) is 6.18. The molecule has 1 aromatic rings. The lowest BCUT2D eigenvalue weighted by Gasteiger charge is -2.28. The standard InChI is InChI=1S/C12H20N2O4S2/c1-4-12(3,5-2)14-20(17,18)11-9-7-6-8-10(11)19(13,15)16/h6-9,14H,4-5H2,1-3H3,(H2,13,15,16). The number of hydrogen-bond acceptors (Lipinski definition) is 4. The van der Waals surface area contributed by atoms with Gasteiger partial charge in [-0.25, -0.2) is 26.7 Å². The molecule has 114 valence electrons. The minimum Gasteiger partial charge on any atom is -0.225 e. The van der Waals surface area contributed by atoms with Crippen molar-refractivity contribution >= 4 is 20.0 Å². The first-order chi connectivity index (χ1) is 9.06. The van der Waals surface area contributed by atoms with Crippen molar-refractivity contribution in [3.63, 3.8) is 0 Å². The quantitative estimate of drug-likeness (QED) is 0.821. The van der Waals surface area contributed by atoms with Crippen LogP contribution < -0.4 is 9.86 Å². The number of primary sulfonamides is 1. The molecule has 0 bridgehead atoms. The number of sulfonamides is 2. The summed E-state index contributed by atoms with van der Waals surface area (Å²) in [5.74, 6) is 0. The van der Waals surface area contributed by atoms with E-state index >= 15 is 0 Å². The van der Waals surface area contributed by atoms with Crippen LogP contribution in [0.1, 0.15) is 33.6 Å². The molecule has 0 unspecified atom stereocenters. The number of benzene rings is 1. The second-order valence-corrected chi connectivity index (χ2v) is 8.05. The van der Waals surface area contributed by atoms with Gasteiger partial charge in [0.2, 0.25) is 20.0 Å². The van der Waals surface area contributed by atoms with Gasteiger partial charge in [0, 0.05) is 5.54 Å². The molecule has 0 atom stereocenters. The van der Waals surface area contributed by atoms with Crippen LogP contribution in [0.4, 0.5) is 0 Å². The van der Waals surface area contributed by atoms with E-state index in [1.54, 1.807) is 6.92 Å². The first-order valence-corrected chi connectivity index (χ1v) is 9.24. The maximum Gasteiger partial charge on any atom is 0.242 e. The third kappa shape index (κ3) is 3.78. The molecule has 0 aliphatic carbocycles. The van der Waals surface area contributed by atoms with Gasteiger partial charge >= 0.3 is 0 Å². The van der Waals surface area contributed by atoms with E-state index in [2.05, 4.69) is 4.72 Å². The largest absolute Gasteiger partial charge is 0.242 e. The summed E-state index contributed by atoms with van der Waals surface area (Å²) in [4.78, 5) is -0.724. The van der Waals surface area contributed by atoms with Gasteiger partial charge in [-0.05, 0) is 31.9 Å². The van der Waals surface area contributed by atoms with Crippen LogP contribution in [-0.4, -0.2) is 22.4 Å². The summed E-state index contributed by atoms with van der Waals surface area (Å²) in [5, 5.41) is 5.06. The monoisotopic (exact) mass is 320 g/mol. The molecule has 0 radical (unpaired) electrons. The second kappa shape index (κ2) is 5.80. The zero-order valence-electron chi connectivity index (χ0n) is 11.8. The van der Waals surface area contributed by atoms with Crippen LogP contribution in [0.15, 0.2) is 34.1 Å². The number of nitrogens with one attached hydrogen (secondary N) is 1. The first kappa shape index (κ1) is 17.1. The van der Waals surface area contributed by atoms with Gasteiger partial charge < -0.3 is 0 Å². The average Bonchev–Trinajstić information content (AvgIpc) is 2.37. The molecule has 0 aliphatic rings. The summed E-state index contributed by atoms with van der Waals surface area (Å²) in [6, 6.07) is 5.29. The van der Waals surface area contributed by atoms with E-state index in [4.69, 9.17) is 5.14 Å². The van der Waals surface area contributed by atoms with Crippen molar-refractivity contribution in [1.29, 1.82) is 0 Å². The van der Waals surface area contributed by atoms with Crippen molar-refractivity contribution < 1.29 is 16.8 Å². The summed E-state index contributed by atoms with van der Waals surface area (Å²) >= 11 is 0. The first-order valence-electron chi connectivity index (χ1n) is 6.21. The van der Waals surface area contributed by atoms with E-state index in [-0.39, 0.29) is 4.90 Å². The molecular weight excluding hydrogens is 300 g/mol. The van der Waals surface area contributed by atoms with Gasteiger partial charge in [-0.2, -0.15) is 0 Å². The summed E-state index contributed by atoms with van der Waals surface area (Å²) in [6.45, 7) is 5.49. The fourth-order valence-electron chi connectivity index (χ4n) is 1.68. The van der Waals surface area contributed by atoms with Crippen molar-refractivity contribution in [2.45, 2.75) is 48.9 Å². The highest BCUT2D eigenvalue weighted by atomic mass is 32.2. The van der Waals surface area contributed by atoms with Crippen LogP contribution in [0.5, 0.6) is 0 Å². The van der Waals surface area contributed by atoms with Crippen LogP contribution >= 0.6 is 0 Å². The molecule has 0 aromatic heterocycles. The van der Waals surface area contributed by atoms with Gasteiger partial charge in [-0.3, -0.25) is 0 Å². The molecule has 0 saturated heterocycles. The average molecular weight is 320 g/mol. The van der Waals surface area contributed by atoms with E-state index in [0.29, 0.717) is 12.8 Å². The second-order valence-electron chi connectivity index (χ2n) is 4.87. The smallest absolute Gasteiger partial charge is 0.225 e. The molecule has 0 heterocycles. The Bertz CT molecular complexity index is 677. The predicted octanol–water partition coefficient (Wildman–Crippen LogP) is 1.19. The zero-order chi connectivity index (χ0) is 15.6. The van der Waals surface area contributed by atoms with Crippen LogP contribution in [0.2, 0.25) is 0 Å². The van der Waals surface area contributed by atoms with Crippen LogP contribution in [0.25, 0.3) is 0 Å². The zero-order valence-corrected chi connectivity index (χ0v) is 13.4. The van der Waals surface area contributed by atoms with Crippen LogP contribution in [0.3, 0.4) is 0 Å². The van der Waals surface area contributed by atoms with E-state index < -0.39 is 30.5 Å². The molecule has 6 nitrogen and oxygen atoms in total. The van der Waals surface area contributed by atoms with Crippen LogP contribution in [0, 0.1) is 0 Å². The Morgan fingerprint density at radius 1 is 1.05 bits per heavy atom. The summed E-state index contributed by atoms with van der Waals surface area (Å²) < 4.78 is 50.3. The Labute approximate surface area is 120 Å². The summed E-state index contributed by atoms with van der Waals surface area (Å²) in [6.07, 6.45) is 1.17. The Kier molecular flexibility index (Phi) is 4.96. The lowest BCUT2D eigenvalue weighted by Crippen LogP contribution is -2.45. The molecule has 0 amide bonds. The molecule has 8 heteroatoms. The lowest BCUT2D eigenvalue weighted by atomic mass is 9.98. The van der Waals surface area contributed by atoms with Crippen molar-refractivity contribution in [1.82, 2.24) is 4.72 Å². The van der Waals surface area contributed by atoms with Crippen molar-refractivity contribution in [2.24, 2.45) is 5.14 Å². The normalized spacial score (nSPS) is 13.4. The van der Waals surface area contributed by atoms with E-state index in [1.165, 1.54) is 24.3 Å². The van der Waals surface area contributed by atoms with Crippen molar-refractivity contribution in [2.75, 3.05) is 0 Å². The maximum atomic E-state index is 12.4. The molecule has 1 rings (SSSR count). The molecule has 1 aromatic carbocycles. The molecule has 0 saturated carbocycles. The topological polar surface area (TPSA) is 106 Å². The Hall–Kier alpha value is -0.960. The SMILES string of the molecule is CCC(C)(CC)NS(=O)(=O)c1ccccc1S(N)(=O)=O. The molecule has 3 N–H and O–H groups in total. The molecule has 0 aliphatic heterocycles. The molecular formula is C12H20N2O4S2. The highest BCUT2D eigenvalue weighted by molar-refractivity contribution is 7.92. The van der Waals surface area contributed by atoms with Gasteiger partial charge in [0.25, 0.3) is 0 Å².